The summed E-state index contributed by atoms with van der Waals surface area (Å²) in [5.74, 6) is -2.82. The van der Waals surface area contributed by atoms with Crippen molar-refractivity contribution >= 4 is 16.9 Å². The van der Waals surface area contributed by atoms with Crippen LogP contribution in [0.1, 0.15) is 16.1 Å². The van der Waals surface area contributed by atoms with Crippen LogP contribution in [0.5, 0.6) is 0 Å². The molecule has 0 bridgehead atoms. The van der Waals surface area contributed by atoms with Gasteiger partial charge in [-0.25, -0.2) is 19.2 Å². The van der Waals surface area contributed by atoms with E-state index in [1.807, 2.05) is 0 Å². The molecule has 5 nitrogen and oxygen atoms in total. The van der Waals surface area contributed by atoms with Gasteiger partial charge < -0.3 is 5.11 Å². The van der Waals surface area contributed by atoms with E-state index in [4.69, 9.17) is 5.11 Å². The topological polar surface area (TPSA) is 68.0 Å². The lowest BCUT2D eigenvalue weighted by Gasteiger charge is -2.10. The highest BCUT2D eigenvalue weighted by Crippen LogP contribution is 2.30. The number of aromatic carboxylic acids is 1. The quantitative estimate of drug-likeness (QED) is 0.734. The fraction of sp³-hybridized carbons (Fsp3) is 0.0714. The van der Waals surface area contributed by atoms with Gasteiger partial charge in [-0.1, -0.05) is 0 Å². The first kappa shape index (κ1) is 14.9. The molecule has 0 aliphatic carbocycles. The van der Waals surface area contributed by atoms with Gasteiger partial charge >= 0.3 is 12.1 Å². The molecule has 3 heterocycles. The van der Waals surface area contributed by atoms with Crippen LogP contribution in [0.3, 0.4) is 0 Å². The number of hydrogen-bond acceptors (Lipinski definition) is 3. The summed E-state index contributed by atoms with van der Waals surface area (Å²) in [4.78, 5) is 18.2. The number of alkyl halides is 3. The second kappa shape index (κ2) is 5.04. The predicted molar refractivity (Wildman–Crippen MR) is 70.8 cm³/mol. The van der Waals surface area contributed by atoms with Crippen LogP contribution in [0.15, 0.2) is 36.8 Å². The number of halogens is 4. The molecule has 3 rings (SSSR count). The van der Waals surface area contributed by atoms with Gasteiger partial charge in [-0.2, -0.15) is 13.2 Å². The van der Waals surface area contributed by atoms with Crippen molar-refractivity contribution in [3.8, 4) is 5.82 Å². The summed E-state index contributed by atoms with van der Waals surface area (Å²) >= 11 is 0. The minimum absolute atomic E-state index is 0.267. The minimum Gasteiger partial charge on any atom is -0.477 e. The Morgan fingerprint density at radius 2 is 1.91 bits per heavy atom. The Morgan fingerprint density at radius 3 is 2.52 bits per heavy atom. The van der Waals surface area contributed by atoms with Gasteiger partial charge in [-0.15, -0.1) is 0 Å². The molecule has 0 saturated carbocycles. The van der Waals surface area contributed by atoms with Crippen LogP contribution in [0.4, 0.5) is 17.6 Å². The predicted octanol–water partition coefficient (Wildman–Crippen LogP) is 3.28. The van der Waals surface area contributed by atoms with Crippen LogP contribution in [-0.2, 0) is 6.18 Å². The third kappa shape index (κ3) is 2.60. The second-order valence-electron chi connectivity index (χ2n) is 4.65. The van der Waals surface area contributed by atoms with Crippen molar-refractivity contribution in [2.75, 3.05) is 0 Å². The zero-order valence-corrected chi connectivity index (χ0v) is 11.2. The van der Waals surface area contributed by atoms with Gasteiger partial charge in [-0.05, 0) is 18.2 Å². The van der Waals surface area contributed by atoms with Gasteiger partial charge in [0.15, 0.2) is 11.6 Å². The lowest BCUT2D eigenvalue weighted by Crippen LogP contribution is -2.09. The third-order valence-electron chi connectivity index (χ3n) is 3.17. The number of fused-ring (bicyclic) bond motifs is 1. The first-order valence-electron chi connectivity index (χ1n) is 6.21. The normalized spacial score (nSPS) is 11.8. The monoisotopic (exact) mass is 325 g/mol. The zero-order chi connectivity index (χ0) is 16.8. The first-order chi connectivity index (χ1) is 10.8. The van der Waals surface area contributed by atoms with Crippen LogP contribution in [-0.4, -0.2) is 25.6 Å². The molecule has 0 saturated heterocycles. The molecular weight excluding hydrogens is 318 g/mol. The number of nitrogens with zero attached hydrogens (tertiary/aromatic N) is 3. The highest BCUT2D eigenvalue weighted by molar-refractivity contribution is 5.91. The minimum atomic E-state index is -4.70. The molecule has 0 amide bonds. The maximum absolute atomic E-state index is 14.0. The van der Waals surface area contributed by atoms with Crippen molar-refractivity contribution in [2.24, 2.45) is 0 Å². The van der Waals surface area contributed by atoms with Crippen LogP contribution in [0.25, 0.3) is 16.7 Å². The molecule has 0 aliphatic rings. The Labute approximate surface area is 125 Å². The Balaban J connectivity index is 2.17. The molecule has 118 valence electrons. The Hall–Kier alpha value is -2.97. The third-order valence-corrected chi connectivity index (χ3v) is 3.17. The molecule has 23 heavy (non-hydrogen) atoms. The summed E-state index contributed by atoms with van der Waals surface area (Å²) < 4.78 is 52.8. The van der Waals surface area contributed by atoms with Gasteiger partial charge in [0.2, 0.25) is 0 Å². The number of carbonyl (C=O) groups is 1. The number of carboxylic acid groups (broad SMARTS) is 1. The molecule has 0 fully saturated rings. The number of aromatic nitrogens is 3. The van der Waals surface area contributed by atoms with Gasteiger partial charge in [0, 0.05) is 24.0 Å². The number of pyridine rings is 2. The summed E-state index contributed by atoms with van der Waals surface area (Å²) in [5, 5.41) is 9.43. The highest BCUT2D eigenvalue weighted by atomic mass is 19.4. The van der Waals surface area contributed by atoms with Crippen LogP contribution >= 0.6 is 0 Å². The molecule has 1 N–H and O–H groups in total. The molecule has 0 aliphatic heterocycles. The molecular formula is C14H7F4N3O2. The maximum atomic E-state index is 14.0. The van der Waals surface area contributed by atoms with E-state index in [9.17, 15) is 22.4 Å². The van der Waals surface area contributed by atoms with E-state index in [1.54, 1.807) is 0 Å². The lowest BCUT2D eigenvalue weighted by molar-refractivity contribution is -0.138. The Bertz CT molecular complexity index is 918. The zero-order valence-electron chi connectivity index (χ0n) is 11.2. The molecule has 0 spiro atoms. The van der Waals surface area contributed by atoms with E-state index in [1.165, 1.54) is 29.1 Å². The average Bonchev–Trinajstić information content (AvgIpc) is 2.89. The van der Waals surface area contributed by atoms with Crippen molar-refractivity contribution in [3.05, 3.63) is 53.9 Å². The number of hydrogen-bond donors (Lipinski definition) is 1. The standard InChI is InChI=1S/C14H7F4N3O2/c15-9-3-8(14(16,17)18)6-20-12(9)21-2-1-7-5-19-10(13(22)23)4-11(7)21/h1-6H,(H,22,23). The first-order valence-corrected chi connectivity index (χ1v) is 6.21. The Kier molecular flexibility index (Phi) is 3.28. The molecule has 9 heteroatoms. The van der Waals surface area contributed by atoms with E-state index in [0.29, 0.717) is 17.6 Å². The average molecular weight is 325 g/mol. The van der Waals surface area contributed by atoms with E-state index >= 15 is 0 Å². The summed E-state index contributed by atoms with van der Waals surface area (Å²) in [6.45, 7) is 0. The highest BCUT2D eigenvalue weighted by Gasteiger charge is 2.32. The van der Waals surface area contributed by atoms with E-state index in [0.717, 1.165) is 0 Å². The van der Waals surface area contributed by atoms with Gasteiger partial charge in [0.05, 0.1) is 11.1 Å². The Morgan fingerprint density at radius 1 is 1.17 bits per heavy atom. The van der Waals surface area contributed by atoms with E-state index in [-0.39, 0.29) is 17.0 Å². The van der Waals surface area contributed by atoms with Crippen molar-refractivity contribution in [2.45, 2.75) is 6.18 Å². The summed E-state index contributed by atoms with van der Waals surface area (Å²) in [5.41, 5.74) is -1.21. The SMILES string of the molecule is O=C(O)c1cc2c(ccn2-c2ncc(C(F)(F)F)cc2F)cn1. The maximum Gasteiger partial charge on any atom is 0.417 e. The smallest absolute Gasteiger partial charge is 0.417 e. The van der Waals surface area contributed by atoms with Crippen LogP contribution in [0.2, 0.25) is 0 Å². The van der Waals surface area contributed by atoms with Gasteiger partial charge in [-0.3, -0.25) is 4.57 Å². The molecule has 0 aromatic carbocycles. The van der Waals surface area contributed by atoms with E-state index < -0.39 is 23.5 Å². The second-order valence-corrected chi connectivity index (χ2v) is 4.65. The van der Waals surface area contributed by atoms with Crippen molar-refractivity contribution in [3.63, 3.8) is 0 Å². The molecule has 3 aromatic heterocycles. The largest absolute Gasteiger partial charge is 0.477 e. The van der Waals surface area contributed by atoms with Crippen LogP contribution in [0, 0.1) is 5.82 Å². The summed E-state index contributed by atoms with van der Waals surface area (Å²) in [6, 6.07) is 3.05. The van der Waals surface area contributed by atoms with Gasteiger partial charge in [0.1, 0.15) is 5.69 Å². The summed E-state index contributed by atoms with van der Waals surface area (Å²) in [7, 11) is 0. The lowest BCUT2D eigenvalue weighted by atomic mass is 10.2. The number of carboxylic acids is 1. The van der Waals surface area contributed by atoms with Crippen molar-refractivity contribution in [1.82, 2.24) is 14.5 Å². The van der Waals surface area contributed by atoms with Crippen LogP contribution < -0.4 is 0 Å². The number of rotatable bonds is 2. The molecule has 0 unspecified atom stereocenters. The fourth-order valence-corrected chi connectivity index (χ4v) is 2.09. The molecule has 3 aromatic rings. The summed E-state index contributed by atoms with van der Waals surface area (Å²) in [6.07, 6.45) is -1.54. The van der Waals surface area contributed by atoms with Crippen molar-refractivity contribution in [1.29, 1.82) is 0 Å². The van der Waals surface area contributed by atoms with Gasteiger partial charge in [0.25, 0.3) is 0 Å². The van der Waals surface area contributed by atoms with E-state index in [2.05, 4.69) is 9.97 Å². The molecule has 0 atom stereocenters. The fourth-order valence-electron chi connectivity index (χ4n) is 2.09. The molecule has 0 radical (unpaired) electrons. The van der Waals surface area contributed by atoms with Crippen molar-refractivity contribution < 1.29 is 27.5 Å².